The van der Waals surface area contributed by atoms with Crippen LogP contribution in [0, 0.1) is 0 Å². The first-order chi connectivity index (χ1) is 10.5. The predicted molar refractivity (Wildman–Crippen MR) is 83.6 cm³/mol. The van der Waals surface area contributed by atoms with Crippen LogP contribution >= 0.6 is 11.8 Å². The van der Waals surface area contributed by atoms with Crippen LogP contribution in [0.3, 0.4) is 0 Å². The molecule has 0 radical (unpaired) electrons. The molecule has 0 saturated carbocycles. The number of aromatic amines is 1. The van der Waals surface area contributed by atoms with Gasteiger partial charge in [-0.15, -0.1) is 0 Å². The zero-order valence-electron chi connectivity index (χ0n) is 11.6. The van der Waals surface area contributed by atoms with Gasteiger partial charge in [-0.1, -0.05) is 18.2 Å². The van der Waals surface area contributed by atoms with E-state index in [4.69, 9.17) is 5.90 Å². The van der Waals surface area contributed by atoms with E-state index in [1.165, 1.54) is 11.8 Å². The van der Waals surface area contributed by atoms with Gasteiger partial charge in [0.2, 0.25) is 0 Å². The standard InChI is InChI=1S/C13H15N3O4S2/c14-20-13(17)11-8-21-6-5-16(11)22(18,19)12-7-9-3-1-2-4-10(9)15-12/h1-4,7,11,15H,5-6,8,14H2. The Morgan fingerprint density at radius 3 is 2.91 bits per heavy atom. The quantitative estimate of drug-likeness (QED) is 0.796. The van der Waals surface area contributed by atoms with Crippen molar-refractivity contribution in [3.05, 3.63) is 30.3 Å². The second kappa shape index (κ2) is 5.92. The molecule has 1 atom stereocenters. The minimum Gasteiger partial charge on any atom is -0.372 e. The summed E-state index contributed by atoms with van der Waals surface area (Å²) in [5.41, 5.74) is 0.727. The Labute approximate surface area is 131 Å². The van der Waals surface area contributed by atoms with Crippen molar-refractivity contribution in [2.24, 2.45) is 5.90 Å². The largest absolute Gasteiger partial charge is 0.372 e. The van der Waals surface area contributed by atoms with Crippen LogP contribution in [0.2, 0.25) is 0 Å². The molecule has 1 unspecified atom stereocenters. The van der Waals surface area contributed by atoms with Crippen molar-refractivity contribution in [1.29, 1.82) is 0 Å². The summed E-state index contributed by atoms with van der Waals surface area (Å²) in [7, 11) is -3.82. The van der Waals surface area contributed by atoms with Gasteiger partial charge in [0, 0.05) is 29.0 Å². The molecule has 1 fully saturated rings. The van der Waals surface area contributed by atoms with Crippen molar-refractivity contribution < 1.29 is 18.0 Å². The maximum Gasteiger partial charge on any atom is 0.343 e. The summed E-state index contributed by atoms with van der Waals surface area (Å²) in [5, 5.41) is 0.862. The Hall–Kier alpha value is -1.55. The van der Waals surface area contributed by atoms with Crippen molar-refractivity contribution in [1.82, 2.24) is 9.29 Å². The first-order valence-corrected chi connectivity index (χ1v) is 9.21. The third kappa shape index (κ3) is 2.60. The fourth-order valence-electron chi connectivity index (χ4n) is 2.45. The van der Waals surface area contributed by atoms with E-state index in [0.29, 0.717) is 11.5 Å². The molecule has 1 saturated heterocycles. The Bertz CT molecular complexity index is 769. The molecule has 1 aliphatic rings. The number of carbonyl (C=O) groups excluding carboxylic acids is 1. The number of benzene rings is 1. The van der Waals surface area contributed by atoms with E-state index in [1.807, 2.05) is 18.2 Å². The predicted octanol–water partition coefficient (Wildman–Crippen LogP) is 0.691. The number of H-pyrrole nitrogens is 1. The Morgan fingerprint density at radius 1 is 1.41 bits per heavy atom. The van der Waals surface area contributed by atoms with Gasteiger partial charge in [-0.05, 0) is 12.1 Å². The first kappa shape index (κ1) is 15.3. The smallest absolute Gasteiger partial charge is 0.343 e. The van der Waals surface area contributed by atoms with Crippen molar-refractivity contribution in [2.75, 3.05) is 18.1 Å². The number of fused-ring (bicyclic) bond motifs is 1. The van der Waals surface area contributed by atoms with E-state index in [-0.39, 0.29) is 11.6 Å². The average Bonchev–Trinajstić information content (AvgIpc) is 2.99. The zero-order valence-corrected chi connectivity index (χ0v) is 13.2. The highest BCUT2D eigenvalue weighted by Gasteiger charge is 2.39. The van der Waals surface area contributed by atoms with Gasteiger partial charge >= 0.3 is 5.97 Å². The lowest BCUT2D eigenvalue weighted by Crippen LogP contribution is -2.51. The first-order valence-electron chi connectivity index (χ1n) is 6.62. The molecule has 9 heteroatoms. The SMILES string of the molecule is NOC(=O)C1CSCCN1S(=O)(=O)c1cc2ccccc2[nH]1. The lowest BCUT2D eigenvalue weighted by Gasteiger charge is -2.31. The highest BCUT2D eigenvalue weighted by molar-refractivity contribution is 7.99. The van der Waals surface area contributed by atoms with Gasteiger partial charge in [-0.25, -0.2) is 13.2 Å². The number of sulfonamides is 1. The van der Waals surface area contributed by atoms with E-state index in [0.717, 1.165) is 15.2 Å². The number of hydrogen-bond donors (Lipinski definition) is 2. The number of nitrogens with zero attached hydrogens (tertiary/aromatic N) is 1. The number of aromatic nitrogens is 1. The van der Waals surface area contributed by atoms with Gasteiger partial charge in [0.05, 0.1) is 0 Å². The summed E-state index contributed by atoms with van der Waals surface area (Å²) in [6.07, 6.45) is 0. The summed E-state index contributed by atoms with van der Waals surface area (Å²) >= 11 is 1.49. The monoisotopic (exact) mass is 341 g/mol. The van der Waals surface area contributed by atoms with Crippen molar-refractivity contribution in [2.45, 2.75) is 11.1 Å². The summed E-state index contributed by atoms with van der Waals surface area (Å²) < 4.78 is 26.8. The molecule has 118 valence electrons. The summed E-state index contributed by atoms with van der Waals surface area (Å²) in [4.78, 5) is 18.9. The van der Waals surface area contributed by atoms with Gasteiger partial charge in [-0.3, -0.25) is 0 Å². The van der Waals surface area contributed by atoms with Crippen LogP contribution < -0.4 is 5.90 Å². The highest BCUT2D eigenvalue weighted by Crippen LogP contribution is 2.27. The van der Waals surface area contributed by atoms with E-state index in [9.17, 15) is 13.2 Å². The third-order valence-electron chi connectivity index (χ3n) is 3.56. The topological polar surface area (TPSA) is 105 Å². The van der Waals surface area contributed by atoms with Crippen LogP contribution in [-0.2, 0) is 19.7 Å². The molecule has 0 bridgehead atoms. The minimum absolute atomic E-state index is 0.0652. The van der Waals surface area contributed by atoms with Crippen molar-refractivity contribution in [3.8, 4) is 0 Å². The number of nitrogens with two attached hydrogens (primary N) is 1. The molecule has 0 amide bonds. The van der Waals surface area contributed by atoms with Crippen molar-refractivity contribution in [3.63, 3.8) is 0 Å². The summed E-state index contributed by atoms with van der Waals surface area (Å²) in [6, 6.07) is 7.94. The molecule has 0 aliphatic carbocycles. The number of rotatable bonds is 3. The Balaban J connectivity index is 2.01. The fourth-order valence-corrected chi connectivity index (χ4v) is 5.29. The number of thioether (sulfide) groups is 1. The Kier molecular flexibility index (Phi) is 4.13. The molecule has 1 aromatic carbocycles. The number of hydrogen-bond acceptors (Lipinski definition) is 6. The molecule has 3 N–H and O–H groups in total. The second-order valence-electron chi connectivity index (χ2n) is 4.86. The molecule has 1 aliphatic heterocycles. The molecular weight excluding hydrogens is 326 g/mol. The molecular formula is C13H15N3O4S2. The maximum atomic E-state index is 12.8. The van der Waals surface area contributed by atoms with Gasteiger partial charge in [0.25, 0.3) is 10.0 Å². The number of nitrogens with one attached hydrogen (secondary N) is 1. The average molecular weight is 341 g/mol. The normalized spacial score (nSPS) is 20.1. The Morgan fingerprint density at radius 2 is 2.18 bits per heavy atom. The van der Waals surface area contributed by atoms with Crippen LogP contribution in [0.5, 0.6) is 0 Å². The van der Waals surface area contributed by atoms with Gasteiger partial charge in [0.15, 0.2) is 0 Å². The van der Waals surface area contributed by atoms with Crippen LogP contribution in [0.4, 0.5) is 0 Å². The fraction of sp³-hybridized carbons (Fsp3) is 0.308. The van der Waals surface area contributed by atoms with E-state index >= 15 is 0 Å². The van der Waals surface area contributed by atoms with E-state index < -0.39 is 22.0 Å². The summed E-state index contributed by atoms with van der Waals surface area (Å²) in [5.74, 6) is 5.12. The van der Waals surface area contributed by atoms with Crippen LogP contribution in [0.25, 0.3) is 10.9 Å². The third-order valence-corrected chi connectivity index (χ3v) is 6.41. The van der Waals surface area contributed by atoms with Crippen molar-refractivity contribution >= 4 is 38.7 Å². The number of para-hydroxylation sites is 1. The van der Waals surface area contributed by atoms with Gasteiger partial charge in [0.1, 0.15) is 11.1 Å². The molecule has 2 heterocycles. The molecule has 7 nitrogen and oxygen atoms in total. The summed E-state index contributed by atoms with van der Waals surface area (Å²) in [6.45, 7) is 0.238. The molecule has 2 aromatic rings. The van der Waals surface area contributed by atoms with E-state index in [2.05, 4.69) is 9.82 Å². The van der Waals surface area contributed by atoms with Crippen LogP contribution in [0.15, 0.2) is 35.4 Å². The zero-order chi connectivity index (χ0) is 15.7. The molecule has 0 spiro atoms. The number of carbonyl (C=O) groups is 1. The van der Waals surface area contributed by atoms with E-state index in [1.54, 1.807) is 12.1 Å². The minimum atomic E-state index is -3.82. The molecule has 1 aromatic heterocycles. The van der Waals surface area contributed by atoms with Gasteiger partial charge < -0.3 is 9.82 Å². The maximum absolute atomic E-state index is 12.8. The van der Waals surface area contributed by atoms with Crippen LogP contribution in [0.1, 0.15) is 0 Å². The van der Waals surface area contributed by atoms with Gasteiger partial charge in [-0.2, -0.15) is 22.0 Å². The second-order valence-corrected chi connectivity index (χ2v) is 7.87. The highest BCUT2D eigenvalue weighted by atomic mass is 32.2. The lowest BCUT2D eigenvalue weighted by molar-refractivity contribution is -0.148. The molecule has 3 rings (SSSR count). The lowest BCUT2D eigenvalue weighted by atomic mass is 10.3. The van der Waals surface area contributed by atoms with Crippen LogP contribution in [-0.4, -0.2) is 47.8 Å². The molecule has 22 heavy (non-hydrogen) atoms.